The lowest BCUT2D eigenvalue weighted by Gasteiger charge is -2.35. The highest BCUT2D eigenvalue weighted by Crippen LogP contribution is 2.23. The minimum absolute atomic E-state index is 0.196. The van der Waals surface area contributed by atoms with Crippen molar-refractivity contribution in [2.24, 2.45) is 5.92 Å². The molecule has 172 valence electrons. The lowest BCUT2D eigenvalue weighted by atomic mass is 10.1. The Morgan fingerprint density at radius 1 is 0.939 bits per heavy atom. The predicted molar refractivity (Wildman–Crippen MR) is 129 cm³/mol. The molecule has 0 N–H and O–H groups in total. The summed E-state index contributed by atoms with van der Waals surface area (Å²) in [5.41, 5.74) is 0.437. The van der Waals surface area contributed by atoms with E-state index in [0.29, 0.717) is 59.1 Å². The maximum absolute atomic E-state index is 13.4. The number of nitrogens with zero attached hydrogens (tertiary/aromatic N) is 4. The molecule has 0 aliphatic carbocycles. The van der Waals surface area contributed by atoms with E-state index in [1.54, 1.807) is 52.3 Å². The van der Waals surface area contributed by atoms with Gasteiger partial charge in [0.1, 0.15) is 0 Å². The van der Waals surface area contributed by atoms with Crippen LogP contribution in [-0.4, -0.2) is 57.6 Å². The third-order valence-corrected chi connectivity index (χ3v) is 6.17. The second kappa shape index (κ2) is 9.53. The smallest absolute Gasteiger partial charge is 0.275 e. The number of piperazine rings is 1. The van der Waals surface area contributed by atoms with Gasteiger partial charge in [-0.2, -0.15) is 5.10 Å². The van der Waals surface area contributed by atoms with Crippen LogP contribution in [0.4, 0.5) is 0 Å². The zero-order valence-electron chi connectivity index (χ0n) is 18.4. The van der Waals surface area contributed by atoms with Crippen LogP contribution < -0.4 is 5.56 Å². The third-order valence-electron chi connectivity index (χ3n) is 5.62. The topological polar surface area (TPSA) is 75.5 Å². The fraction of sp³-hybridized carbons (Fsp3) is 0.333. The van der Waals surface area contributed by atoms with Crippen molar-refractivity contribution in [3.05, 3.63) is 74.1 Å². The van der Waals surface area contributed by atoms with Crippen molar-refractivity contribution < 1.29 is 9.59 Å². The molecular weight excluding hydrogens is 463 g/mol. The summed E-state index contributed by atoms with van der Waals surface area (Å²) in [6.07, 6.45) is 0. The van der Waals surface area contributed by atoms with Crippen LogP contribution in [0.25, 0.3) is 10.8 Å². The standard InChI is InChI=1S/C24H24Cl2N4O3/c1-15(2)14-30-23(32)18-6-4-3-5-17(18)21(27-30)24(33)29-11-9-28(10-12-29)22(31)19-8-7-16(25)13-20(19)26/h3-8,13,15H,9-12,14H2,1-2H3. The molecule has 1 aromatic heterocycles. The van der Waals surface area contributed by atoms with E-state index < -0.39 is 0 Å². The van der Waals surface area contributed by atoms with Gasteiger partial charge in [-0.15, -0.1) is 0 Å². The van der Waals surface area contributed by atoms with Gasteiger partial charge >= 0.3 is 0 Å². The fourth-order valence-electron chi connectivity index (χ4n) is 3.96. The minimum Gasteiger partial charge on any atom is -0.335 e. The maximum atomic E-state index is 13.4. The summed E-state index contributed by atoms with van der Waals surface area (Å²) < 4.78 is 1.38. The molecule has 4 rings (SSSR count). The molecule has 1 fully saturated rings. The Hall–Kier alpha value is -2.90. The van der Waals surface area contributed by atoms with Crippen LogP contribution >= 0.6 is 23.2 Å². The van der Waals surface area contributed by atoms with Crippen molar-refractivity contribution in [2.45, 2.75) is 20.4 Å². The van der Waals surface area contributed by atoms with Gasteiger partial charge in [0.05, 0.1) is 16.0 Å². The molecule has 1 aliphatic heterocycles. The normalized spacial score (nSPS) is 14.2. The zero-order valence-corrected chi connectivity index (χ0v) is 19.9. The Morgan fingerprint density at radius 3 is 2.15 bits per heavy atom. The average molecular weight is 487 g/mol. The summed E-state index contributed by atoms with van der Waals surface area (Å²) in [7, 11) is 0. The summed E-state index contributed by atoms with van der Waals surface area (Å²) in [5.74, 6) is -0.244. The second-order valence-electron chi connectivity index (χ2n) is 8.48. The molecule has 0 saturated carbocycles. The predicted octanol–water partition coefficient (Wildman–Crippen LogP) is 3.96. The van der Waals surface area contributed by atoms with Gasteiger partial charge in [0.15, 0.2) is 5.69 Å². The van der Waals surface area contributed by atoms with Gasteiger partial charge in [-0.3, -0.25) is 14.4 Å². The van der Waals surface area contributed by atoms with Crippen LogP contribution in [0.15, 0.2) is 47.3 Å². The number of benzene rings is 2. The quantitative estimate of drug-likeness (QED) is 0.559. The molecule has 9 heteroatoms. The van der Waals surface area contributed by atoms with Crippen molar-refractivity contribution in [1.82, 2.24) is 19.6 Å². The van der Waals surface area contributed by atoms with Crippen molar-refractivity contribution in [3.8, 4) is 0 Å². The minimum atomic E-state index is -0.250. The van der Waals surface area contributed by atoms with E-state index in [2.05, 4.69) is 5.10 Å². The summed E-state index contributed by atoms with van der Waals surface area (Å²) in [6, 6.07) is 11.8. The molecular formula is C24H24Cl2N4O3. The molecule has 2 aromatic carbocycles. The Balaban J connectivity index is 1.56. The molecule has 0 unspecified atom stereocenters. The van der Waals surface area contributed by atoms with E-state index in [0.717, 1.165) is 0 Å². The van der Waals surface area contributed by atoms with Crippen molar-refractivity contribution >= 4 is 45.8 Å². The molecule has 2 amide bonds. The highest BCUT2D eigenvalue weighted by atomic mass is 35.5. The highest BCUT2D eigenvalue weighted by molar-refractivity contribution is 6.36. The molecule has 0 radical (unpaired) electrons. The van der Waals surface area contributed by atoms with Gasteiger partial charge in [-0.1, -0.05) is 55.2 Å². The first-order valence-electron chi connectivity index (χ1n) is 10.8. The molecule has 33 heavy (non-hydrogen) atoms. The molecule has 1 saturated heterocycles. The number of carbonyl (C=O) groups is 2. The summed E-state index contributed by atoms with van der Waals surface area (Å²) in [4.78, 5) is 42.5. The molecule has 2 heterocycles. The second-order valence-corrected chi connectivity index (χ2v) is 9.33. The Bertz CT molecular complexity index is 1280. The Labute approximate surface area is 201 Å². The van der Waals surface area contributed by atoms with Crippen LogP contribution in [0, 0.1) is 5.92 Å². The molecule has 0 spiro atoms. The average Bonchev–Trinajstić information content (AvgIpc) is 2.80. The van der Waals surface area contributed by atoms with E-state index >= 15 is 0 Å². The van der Waals surface area contributed by atoms with Crippen LogP contribution in [0.5, 0.6) is 0 Å². The summed E-state index contributed by atoms with van der Waals surface area (Å²) in [6.45, 7) is 5.86. The van der Waals surface area contributed by atoms with Gasteiger partial charge < -0.3 is 9.80 Å². The van der Waals surface area contributed by atoms with Crippen molar-refractivity contribution in [1.29, 1.82) is 0 Å². The maximum Gasteiger partial charge on any atom is 0.275 e. The largest absolute Gasteiger partial charge is 0.335 e. The first-order valence-corrected chi connectivity index (χ1v) is 11.6. The number of hydrogen-bond acceptors (Lipinski definition) is 4. The van der Waals surface area contributed by atoms with Crippen LogP contribution in [0.2, 0.25) is 10.0 Å². The highest BCUT2D eigenvalue weighted by Gasteiger charge is 2.28. The van der Waals surface area contributed by atoms with Gasteiger partial charge in [0, 0.05) is 43.1 Å². The zero-order chi connectivity index (χ0) is 23.7. The van der Waals surface area contributed by atoms with Crippen LogP contribution in [0.3, 0.4) is 0 Å². The molecule has 1 aliphatic rings. The summed E-state index contributed by atoms with van der Waals surface area (Å²) >= 11 is 12.1. The lowest BCUT2D eigenvalue weighted by molar-refractivity contribution is 0.0532. The van der Waals surface area contributed by atoms with Crippen molar-refractivity contribution in [2.75, 3.05) is 26.2 Å². The SMILES string of the molecule is CC(C)Cn1nc(C(=O)N2CCN(C(=O)c3ccc(Cl)cc3Cl)CC2)c2ccccc2c1=O. The number of hydrogen-bond donors (Lipinski definition) is 0. The van der Waals surface area contributed by atoms with Gasteiger partial charge in [-0.25, -0.2) is 4.68 Å². The molecule has 0 atom stereocenters. The lowest BCUT2D eigenvalue weighted by Crippen LogP contribution is -2.51. The molecule has 0 bridgehead atoms. The van der Waals surface area contributed by atoms with Gasteiger partial charge in [-0.05, 0) is 30.2 Å². The molecule has 7 nitrogen and oxygen atoms in total. The van der Waals surface area contributed by atoms with Crippen molar-refractivity contribution in [3.63, 3.8) is 0 Å². The molecule has 3 aromatic rings. The fourth-order valence-corrected chi connectivity index (χ4v) is 4.45. The van der Waals surface area contributed by atoms with E-state index in [1.165, 1.54) is 4.68 Å². The van der Waals surface area contributed by atoms with E-state index in [9.17, 15) is 14.4 Å². The summed E-state index contributed by atoms with van der Waals surface area (Å²) in [5, 5.41) is 6.22. The van der Waals surface area contributed by atoms with E-state index in [1.807, 2.05) is 13.8 Å². The number of carbonyl (C=O) groups excluding carboxylic acids is 2. The third kappa shape index (κ3) is 4.75. The Morgan fingerprint density at radius 2 is 1.55 bits per heavy atom. The van der Waals surface area contributed by atoms with E-state index in [-0.39, 0.29) is 29.0 Å². The monoisotopic (exact) mass is 486 g/mol. The van der Waals surface area contributed by atoms with Gasteiger partial charge in [0.2, 0.25) is 0 Å². The van der Waals surface area contributed by atoms with Crippen LogP contribution in [-0.2, 0) is 6.54 Å². The number of aromatic nitrogens is 2. The number of amides is 2. The van der Waals surface area contributed by atoms with Gasteiger partial charge in [0.25, 0.3) is 17.4 Å². The number of halogens is 2. The first-order chi connectivity index (χ1) is 15.8. The number of rotatable bonds is 4. The number of fused-ring (bicyclic) bond motifs is 1. The van der Waals surface area contributed by atoms with E-state index in [4.69, 9.17) is 23.2 Å². The van der Waals surface area contributed by atoms with Crippen LogP contribution in [0.1, 0.15) is 34.7 Å². The Kier molecular flexibility index (Phi) is 6.72. The first kappa shape index (κ1) is 23.3.